The van der Waals surface area contributed by atoms with Crippen molar-refractivity contribution in [2.24, 2.45) is 0 Å². The number of hydrogen-bond acceptors (Lipinski definition) is 4. The molecule has 0 saturated heterocycles. The second-order valence-corrected chi connectivity index (χ2v) is 4.91. The minimum absolute atomic E-state index is 0.288. The Balaban J connectivity index is 3.81. The SMILES string of the molecule is CC(C#N)S(=O)(=O)NCCCCC#N. The molecule has 1 unspecified atom stereocenters. The fourth-order valence-corrected chi connectivity index (χ4v) is 1.56. The molecule has 78 valence electrons. The Labute approximate surface area is 84.4 Å². The number of sulfonamides is 1. The molecule has 0 aromatic heterocycles. The molecule has 1 atom stereocenters. The van der Waals surface area contributed by atoms with Crippen molar-refractivity contribution < 1.29 is 8.42 Å². The molecule has 0 aliphatic rings. The van der Waals surface area contributed by atoms with Gasteiger partial charge in [-0.3, -0.25) is 0 Å². The molecule has 6 heteroatoms. The van der Waals surface area contributed by atoms with Crippen molar-refractivity contribution in [3.05, 3.63) is 0 Å². The van der Waals surface area contributed by atoms with Crippen LogP contribution in [-0.2, 0) is 10.0 Å². The van der Waals surface area contributed by atoms with Gasteiger partial charge in [0.2, 0.25) is 10.0 Å². The van der Waals surface area contributed by atoms with E-state index in [1.54, 1.807) is 6.07 Å². The van der Waals surface area contributed by atoms with Gasteiger partial charge < -0.3 is 0 Å². The molecule has 0 radical (unpaired) electrons. The van der Waals surface area contributed by atoms with E-state index in [1.165, 1.54) is 6.92 Å². The maximum Gasteiger partial charge on any atom is 0.227 e. The third-order valence-electron chi connectivity index (χ3n) is 1.67. The van der Waals surface area contributed by atoms with E-state index in [-0.39, 0.29) is 6.54 Å². The number of hydrogen-bond donors (Lipinski definition) is 1. The van der Waals surface area contributed by atoms with Crippen molar-refractivity contribution in [1.29, 1.82) is 10.5 Å². The molecule has 0 fully saturated rings. The van der Waals surface area contributed by atoms with Crippen molar-refractivity contribution in [1.82, 2.24) is 4.72 Å². The smallest absolute Gasteiger partial charge is 0.214 e. The summed E-state index contributed by atoms with van der Waals surface area (Å²) in [5, 5.41) is 15.6. The Morgan fingerprint density at radius 3 is 2.50 bits per heavy atom. The van der Waals surface area contributed by atoms with Gasteiger partial charge in [-0.2, -0.15) is 10.5 Å². The second kappa shape index (κ2) is 6.36. The normalized spacial score (nSPS) is 12.8. The number of nitrogens with zero attached hydrogens (tertiary/aromatic N) is 2. The first-order chi connectivity index (χ1) is 6.54. The first-order valence-electron chi connectivity index (χ1n) is 4.29. The summed E-state index contributed by atoms with van der Waals surface area (Å²) in [6, 6.07) is 3.62. The Morgan fingerprint density at radius 1 is 1.36 bits per heavy atom. The molecular formula is C8H13N3O2S. The van der Waals surface area contributed by atoms with Gasteiger partial charge in [0.15, 0.2) is 5.25 Å². The molecule has 0 amide bonds. The maximum absolute atomic E-state index is 11.2. The summed E-state index contributed by atoms with van der Waals surface area (Å²) in [5.41, 5.74) is 0. The average Bonchev–Trinajstić information content (AvgIpc) is 2.16. The molecule has 0 aliphatic heterocycles. The third-order valence-corrected chi connectivity index (χ3v) is 3.31. The predicted molar refractivity (Wildman–Crippen MR) is 51.5 cm³/mol. The molecule has 0 aliphatic carbocycles. The zero-order chi connectivity index (χ0) is 11.0. The van der Waals surface area contributed by atoms with Gasteiger partial charge in [0, 0.05) is 13.0 Å². The monoisotopic (exact) mass is 215 g/mol. The number of nitriles is 2. The fourth-order valence-electron chi connectivity index (χ4n) is 0.738. The molecule has 0 heterocycles. The number of nitrogens with one attached hydrogen (secondary N) is 1. The molecule has 0 bridgehead atoms. The highest BCUT2D eigenvalue weighted by Crippen LogP contribution is 1.97. The van der Waals surface area contributed by atoms with Gasteiger partial charge in [-0.15, -0.1) is 0 Å². The Bertz CT molecular complexity index is 337. The van der Waals surface area contributed by atoms with Gasteiger partial charge in [0.1, 0.15) is 0 Å². The summed E-state index contributed by atoms with van der Waals surface area (Å²) >= 11 is 0. The fraction of sp³-hybridized carbons (Fsp3) is 0.750. The summed E-state index contributed by atoms with van der Waals surface area (Å²) in [4.78, 5) is 0. The zero-order valence-corrected chi connectivity index (χ0v) is 8.84. The van der Waals surface area contributed by atoms with E-state index in [4.69, 9.17) is 10.5 Å². The van der Waals surface area contributed by atoms with Crippen LogP contribution in [0.1, 0.15) is 26.2 Å². The molecule has 0 saturated carbocycles. The van der Waals surface area contributed by atoms with Gasteiger partial charge in [-0.1, -0.05) is 0 Å². The standard InChI is InChI=1S/C8H13N3O2S/c1-8(7-10)14(12,13)11-6-4-2-3-5-9/h8,11H,2-4,6H2,1H3. The van der Waals surface area contributed by atoms with E-state index < -0.39 is 15.3 Å². The largest absolute Gasteiger partial charge is 0.227 e. The van der Waals surface area contributed by atoms with Crippen LogP contribution in [-0.4, -0.2) is 20.2 Å². The molecule has 0 spiro atoms. The Morgan fingerprint density at radius 2 is 2.00 bits per heavy atom. The number of unbranched alkanes of at least 4 members (excludes halogenated alkanes) is 2. The van der Waals surface area contributed by atoms with Crippen LogP contribution in [0.3, 0.4) is 0 Å². The van der Waals surface area contributed by atoms with Crippen LogP contribution >= 0.6 is 0 Å². The summed E-state index contributed by atoms with van der Waals surface area (Å²) in [6.45, 7) is 1.62. The first kappa shape index (κ1) is 12.9. The summed E-state index contributed by atoms with van der Waals surface area (Å²) in [5.74, 6) is 0. The maximum atomic E-state index is 11.2. The first-order valence-corrected chi connectivity index (χ1v) is 5.84. The van der Waals surface area contributed by atoms with Gasteiger partial charge in [-0.25, -0.2) is 13.1 Å². The van der Waals surface area contributed by atoms with Crippen molar-refractivity contribution >= 4 is 10.0 Å². The molecule has 0 aromatic carbocycles. The summed E-state index contributed by atoms with van der Waals surface area (Å²) < 4.78 is 24.7. The number of rotatable bonds is 6. The van der Waals surface area contributed by atoms with Crippen LogP contribution in [0.4, 0.5) is 0 Å². The third kappa shape index (κ3) is 4.80. The van der Waals surface area contributed by atoms with Crippen LogP contribution in [0.15, 0.2) is 0 Å². The second-order valence-electron chi connectivity index (χ2n) is 2.83. The highest BCUT2D eigenvalue weighted by molar-refractivity contribution is 7.90. The Hall–Kier alpha value is -1.11. The van der Waals surface area contributed by atoms with Gasteiger partial charge >= 0.3 is 0 Å². The molecule has 1 N–H and O–H groups in total. The lowest BCUT2D eigenvalue weighted by Crippen LogP contribution is -2.32. The van der Waals surface area contributed by atoms with Crippen molar-refractivity contribution in [3.63, 3.8) is 0 Å². The minimum atomic E-state index is -3.49. The Kier molecular flexibility index (Phi) is 5.86. The lowest BCUT2D eigenvalue weighted by atomic mass is 10.2. The highest BCUT2D eigenvalue weighted by Gasteiger charge is 2.18. The van der Waals surface area contributed by atoms with Gasteiger partial charge in [-0.05, 0) is 19.8 Å². The molecular weight excluding hydrogens is 202 g/mol. The zero-order valence-electron chi connectivity index (χ0n) is 8.02. The summed E-state index contributed by atoms with van der Waals surface area (Å²) in [6.07, 6.45) is 1.71. The average molecular weight is 215 g/mol. The van der Waals surface area contributed by atoms with Crippen LogP contribution in [0.25, 0.3) is 0 Å². The van der Waals surface area contributed by atoms with E-state index in [2.05, 4.69) is 4.72 Å². The molecule has 5 nitrogen and oxygen atoms in total. The van der Waals surface area contributed by atoms with Crippen LogP contribution < -0.4 is 4.72 Å². The van der Waals surface area contributed by atoms with Crippen LogP contribution in [0.5, 0.6) is 0 Å². The summed E-state index contributed by atoms with van der Waals surface area (Å²) in [7, 11) is -3.49. The lowest BCUT2D eigenvalue weighted by molar-refractivity contribution is 0.573. The lowest BCUT2D eigenvalue weighted by Gasteiger charge is -2.06. The quantitative estimate of drug-likeness (QED) is 0.653. The van der Waals surface area contributed by atoms with Crippen molar-refractivity contribution in [3.8, 4) is 12.1 Å². The minimum Gasteiger partial charge on any atom is -0.214 e. The van der Waals surface area contributed by atoms with Crippen LogP contribution in [0, 0.1) is 22.7 Å². The van der Waals surface area contributed by atoms with E-state index in [9.17, 15) is 8.42 Å². The molecule has 0 aromatic rings. The van der Waals surface area contributed by atoms with Crippen molar-refractivity contribution in [2.75, 3.05) is 6.54 Å². The molecule has 0 rings (SSSR count). The van der Waals surface area contributed by atoms with Gasteiger partial charge in [0.25, 0.3) is 0 Å². The highest BCUT2D eigenvalue weighted by atomic mass is 32.2. The van der Waals surface area contributed by atoms with Gasteiger partial charge in [0.05, 0.1) is 12.1 Å². The molecule has 14 heavy (non-hydrogen) atoms. The van der Waals surface area contributed by atoms with Crippen LogP contribution in [0.2, 0.25) is 0 Å². The van der Waals surface area contributed by atoms with E-state index in [0.29, 0.717) is 19.3 Å². The van der Waals surface area contributed by atoms with Crippen molar-refractivity contribution in [2.45, 2.75) is 31.4 Å². The predicted octanol–water partition coefficient (Wildman–Crippen LogP) is 0.512. The van der Waals surface area contributed by atoms with E-state index in [1.807, 2.05) is 6.07 Å². The van der Waals surface area contributed by atoms with E-state index in [0.717, 1.165) is 0 Å². The topological polar surface area (TPSA) is 93.8 Å². The van der Waals surface area contributed by atoms with E-state index >= 15 is 0 Å².